The van der Waals surface area contributed by atoms with Crippen LogP contribution in [0.4, 0.5) is 17.2 Å². The largest absolute Gasteiger partial charge is 0.495 e. The Hall–Kier alpha value is -2.94. The van der Waals surface area contributed by atoms with Crippen LogP contribution in [0.1, 0.15) is 5.56 Å². The molecule has 0 saturated carbocycles. The summed E-state index contributed by atoms with van der Waals surface area (Å²) in [6, 6.07) is 10.6. The summed E-state index contributed by atoms with van der Waals surface area (Å²) in [6.07, 6.45) is 0. The molecule has 3 N–H and O–H groups in total. The zero-order valence-corrected chi connectivity index (χ0v) is 11.2. The molecular weight excluding hydrogens is 256 g/mol. The zero-order valence-electron chi connectivity index (χ0n) is 11.2. The standard InChI is InChI=1S/C14H14N4O2/c1-19-11-5-3-4-9(8-15)13(11)18-14-10(16)6-7-12(17-14)20-2/h3-7H,16H2,1-2H3,(H,17,18). The van der Waals surface area contributed by atoms with E-state index in [1.165, 1.54) is 14.2 Å². The number of ether oxygens (including phenoxy) is 2. The number of anilines is 3. The molecule has 1 heterocycles. The van der Waals surface area contributed by atoms with Crippen LogP contribution in [0, 0.1) is 11.3 Å². The van der Waals surface area contributed by atoms with E-state index in [1.807, 2.05) is 0 Å². The van der Waals surface area contributed by atoms with Gasteiger partial charge in [-0.05, 0) is 18.2 Å². The maximum Gasteiger partial charge on any atom is 0.215 e. The van der Waals surface area contributed by atoms with Crippen LogP contribution in [0.2, 0.25) is 0 Å². The van der Waals surface area contributed by atoms with Crippen LogP contribution < -0.4 is 20.5 Å². The molecule has 20 heavy (non-hydrogen) atoms. The first kappa shape index (κ1) is 13.5. The Morgan fingerprint density at radius 1 is 1.20 bits per heavy atom. The molecule has 0 bridgehead atoms. The van der Waals surface area contributed by atoms with Crippen LogP contribution >= 0.6 is 0 Å². The second-order valence-electron chi connectivity index (χ2n) is 3.91. The average Bonchev–Trinajstić information content (AvgIpc) is 2.49. The number of aromatic nitrogens is 1. The fraction of sp³-hybridized carbons (Fsp3) is 0.143. The molecule has 102 valence electrons. The van der Waals surface area contributed by atoms with Gasteiger partial charge in [-0.25, -0.2) is 0 Å². The fourth-order valence-electron chi connectivity index (χ4n) is 1.71. The van der Waals surface area contributed by atoms with Crippen LogP contribution in [0.3, 0.4) is 0 Å². The predicted molar refractivity (Wildman–Crippen MR) is 76.2 cm³/mol. The number of nitrogens with two attached hydrogens (primary N) is 1. The molecule has 1 aromatic carbocycles. The Morgan fingerprint density at radius 3 is 2.65 bits per heavy atom. The Kier molecular flexibility index (Phi) is 3.91. The molecule has 0 aliphatic carbocycles. The number of nitrogens with zero attached hydrogens (tertiary/aromatic N) is 2. The van der Waals surface area contributed by atoms with Crippen molar-refractivity contribution < 1.29 is 9.47 Å². The third kappa shape index (κ3) is 2.57. The molecule has 0 aliphatic rings. The molecule has 0 atom stereocenters. The van der Waals surface area contributed by atoms with E-state index in [0.29, 0.717) is 34.4 Å². The second-order valence-corrected chi connectivity index (χ2v) is 3.91. The minimum atomic E-state index is 0.408. The van der Waals surface area contributed by atoms with Crippen molar-refractivity contribution in [2.24, 2.45) is 0 Å². The highest BCUT2D eigenvalue weighted by Gasteiger charge is 2.12. The van der Waals surface area contributed by atoms with E-state index >= 15 is 0 Å². The molecule has 0 spiro atoms. The number of hydrogen-bond acceptors (Lipinski definition) is 6. The summed E-state index contributed by atoms with van der Waals surface area (Å²) in [5, 5.41) is 12.2. The summed E-state index contributed by atoms with van der Waals surface area (Å²) in [5.41, 5.74) is 7.27. The molecule has 2 rings (SSSR count). The van der Waals surface area contributed by atoms with Crippen molar-refractivity contribution in [3.8, 4) is 17.7 Å². The van der Waals surface area contributed by atoms with Crippen molar-refractivity contribution >= 4 is 17.2 Å². The summed E-state index contributed by atoms with van der Waals surface area (Å²) in [4.78, 5) is 4.21. The first-order valence-electron chi connectivity index (χ1n) is 5.84. The van der Waals surface area contributed by atoms with Crippen molar-refractivity contribution in [3.05, 3.63) is 35.9 Å². The SMILES string of the molecule is COc1ccc(N)c(Nc2c(C#N)cccc2OC)n1. The van der Waals surface area contributed by atoms with E-state index in [2.05, 4.69) is 16.4 Å². The third-order valence-corrected chi connectivity index (χ3v) is 2.72. The number of pyridine rings is 1. The molecule has 0 unspecified atom stereocenters. The van der Waals surface area contributed by atoms with Crippen LogP contribution in [0.5, 0.6) is 11.6 Å². The van der Waals surface area contributed by atoms with Gasteiger partial charge in [-0.1, -0.05) is 6.07 Å². The number of nitriles is 1. The number of nitrogen functional groups attached to an aromatic ring is 1. The van der Waals surface area contributed by atoms with Gasteiger partial charge < -0.3 is 20.5 Å². The van der Waals surface area contributed by atoms with E-state index < -0.39 is 0 Å². The number of para-hydroxylation sites is 1. The van der Waals surface area contributed by atoms with E-state index in [0.717, 1.165) is 0 Å². The highest BCUT2D eigenvalue weighted by molar-refractivity contribution is 5.76. The minimum Gasteiger partial charge on any atom is -0.495 e. The second kappa shape index (κ2) is 5.80. The smallest absolute Gasteiger partial charge is 0.215 e. The van der Waals surface area contributed by atoms with Gasteiger partial charge in [-0.2, -0.15) is 10.2 Å². The summed E-state index contributed by atoms with van der Waals surface area (Å²) < 4.78 is 10.3. The van der Waals surface area contributed by atoms with Gasteiger partial charge in [0.1, 0.15) is 17.5 Å². The molecule has 0 amide bonds. The van der Waals surface area contributed by atoms with Crippen LogP contribution in [0.25, 0.3) is 0 Å². The topological polar surface area (TPSA) is 93.2 Å². The Bertz CT molecular complexity index is 665. The molecule has 6 nitrogen and oxygen atoms in total. The van der Waals surface area contributed by atoms with Crippen LogP contribution in [-0.4, -0.2) is 19.2 Å². The van der Waals surface area contributed by atoms with E-state index in [4.69, 9.17) is 20.5 Å². The lowest BCUT2D eigenvalue weighted by molar-refractivity contribution is 0.398. The van der Waals surface area contributed by atoms with Gasteiger partial charge in [0.05, 0.1) is 25.5 Å². The normalized spacial score (nSPS) is 9.65. The quantitative estimate of drug-likeness (QED) is 0.885. The number of benzene rings is 1. The first-order chi connectivity index (χ1) is 9.69. The van der Waals surface area contributed by atoms with Crippen LogP contribution in [-0.2, 0) is 0 Å². The molecule has 0 saturated heterocycles. The summed E-state index contributed by atoms with van der Waals surface area (Å²) >= 11 is 0. The van der Waals surface area contributed by atoms with Crippen molar-refractivity contribution in [2.45, 2.75) is 0 Å². The van der Waals surface area contributed by atoms with Gasteiger partial charge in [0.25, 0.3) is 0 Å². The van der Waals surface area contributed by atoms with Gasteiger partial charge in [0, 0.05) is 6.07 Å². The van der Waals surface area contributed by atoms with E-state index in [9.17, 15) is 0 Å². The molecule has 2 aromatic rings. The van der Waals surface area contributed by atoms with Crippen molar-refractivity contribution in [1.82, 2.24) is 4.98 Å². The Morgan fingerprint density at radius 2 is 2.00 bits per heavy atom. The third-order valence-electron chi connectivity index (χ3n) is 2.72. The highest BCUT2D eigenvalue weighted by atomic mass is 16.5. The fourth-order valence-corrected chi connectivity index (χ4v) is 1.71. The van der Waals surface area contributed by atoms with Gasteiger partial charge in [0.2, 0.25) is 5.88 Å². The molecular formula is C14H14N4O2. The monoisotopic (exact) mass is 270 g/mol. The maximum atomic E-state index is 9.16. The highest BCUT2D eigenvalue weighted by Crippen LogP contribution is 2.32. The summed E-state index contributed by atoms with van der Waals surface area (Å²) in [7, 11) is 3.05. The molecule has 0 aliphatic heterocycles. The number of hydrogen-bond donors (Lipinski definition) is 2. The van der Waals surface area contributed by atoms with Gasteiger partial charge in [-0.3, -0.25) is 0 Å². The Labute approximate surface area is 116 Å². The summed E-state index contributed by atoms with van der Waals surface area (Å²) in [5.74, 6) is 1.37. The minimum absolute atomic E-state index is 0.408. The van der Waals surface area contributed by atoms with Gasteiger partial charge >= 0.3 is 0 Å². The van der Waals surface area contributed by atoms with Gasteiger partial charge in [-0.15, -0.1) is 0 Å². The lowest BCUT2D eigenvalue weighted by atomic mass is 10.1. The first-order valence-corrected chi connectivity index (χ1v) is 5.84. The molecule has 6 heteroatoms. The Balaban J connectivity index is 2.47. The summed E-state index contributed by atoms with van der Waals surface area (Å²) in [6.45, 7) is 0. The number of nitrogens with one attached hydrogen (secondary N) is 1. The lowest BCUT2D eigenvalue weighted by Gasteiger charge is -2.14. The number of rotatable bonds is 4. The van der Waals surface area contributed by atoms with Gasteiger partial charge in [0.15, 0.2) is 5.82 Å². The van der Waals surface area contributed by atoms with Crippen molar-refractivity contribution in [3.63, 3.8) is 0 Å². The van der Waals surface area contributed by atoms with E-state index in [-0.39, 0.29) is 0 Å². The molecule has 0 radical (unpaired) electrons. The molecule has 1 aromatic heterocycles. The number of methoxy groups -OCH3 is 2. The molecule has 0 fully saturated rings. The van der Waals surface area contributed by atoms with Crippen molar-refractivity contribution in [1.29, 1.82) is 5.26 Å². The maximum absolute atomic E-state index is 9.16. The zero-order chi connectivity index (χ0) is 14.5. The van der Waals surface area contributed by atoms with Crippen LogP contribution in [0.15, 0.2) is 30.3 Å². The lowest BCUT2D eigenvalue weighted by Crippen LogP contribution is -2.03. The predicted octanol–water partition coefficient (Wildman–Crippen LogP) is 2.30. The average molecular weight is 270 g/mol. The van der Waals surface area contributed by atoms with E-state index in [1.54, 1.807) is 30.3 Å². The van der Waals surface area contributed by atoms with Crippen molar-refractivity contribution in [2.75, 3.05) is 25.3 Å².